The van der Waals surface area contributed by atoms with Crippen LogP contribution in [0.3, 0.4) is 0 Å². The van der Waals surface area contributed by atoms with Crippen molar-refractivity contribution in [2.24, 2.45) is 0 Å². The molecule has 27 heavy (non-hydrogen) atoms. The fourth-order valence-corrected chi connectivity index (χ4v) is 2.34. The zero-order chi connectivity index (χ0) is 20.2. The molecule has 2 rings (SSSR count). The molecular weight excluding hydrogens is 367 g/mol. The second kappa shape index (κ2) is 8.03. The largest absolute Gasteiger partial charge is 0.573 e. The molecule has 10 heteroatoms. The molecule has 1 N–H and O–H groups in total. The first-order valence-electron chi connectivity index (χ1n) is 8.33. The van der Waals surface area contributed by atoms with Crippen molar-refractivity contribution in [2.45, 2.75) is 32.7 Å². The fraction of sp³-hybridized carbons (Fsp3) is 0.529. The molecule has 1 fully saturated rings. The zero-order valence-electron chi connectivity index (χ0n) is 15.3. The predicted molar refractivity (Wildman–Crippen MR) is 90.0 cm³/mol. The van der Waals surface area contributed by atoms with Crippen molar-refractivity contribution in [1.29, 1.82) is 0 Å². The summed E-state index contributed by atoms with van der Waals surface area (Å²) in [7, 11) is 0. The molecule has 1 aromatic carbocycles. The lowest BCUT2D eigenvalue weighted by molar-refractivity contribution is -0.274. The van der Waals surface area contributed by atoms with Crippen LogP contribution in [0.2, 0.25) is 0 Å². The number of ether oxygens (including phenoxy) is 2. The summed E-state index contributed by atoms with van der Waals surface area (Å²) < 4.78 is 45.5. The van der Waals surface area contributed by atoms with Gasteiger partial charge in [-0.25, -0.2) is 9.80 Å². The Labute approximate surface area is 155 Å². The van der Waals surface area contributed by atoms with Crippen molar-refractivity contribution in [2.75, 3.05) is 26.2 Å². The first kappa shape index (κ1) is 20.8. The first-order chi connectivity index (χ1) is 12.4. The number of carbonyl (C=O) groups excluding carboxylic acids is 2. The summed E-state index contributed by atoms with van der Waals surface area (Å²) >= 11 is 0. The summed E-state index contributed by atoms with van der Waals surface area (Å²) in [4.78, 5) is 25.7. The number of nitrogens with zero attached hydrogens (tertiary/aromatic N) is 2. The summed E-state index contributed by atoms with van der Waals surface area (Å²) in [6, 6.07) is 4.63. The van der Waals surface area contributed by atoms with Crippen LogP contribution in [0.4, 0.5) is 18.0 Å². The molecule has 1 aliphatic heterocycles. The van der Waals surface area contributed by atoms with Gasteiger partial charge in [0.05, 0.1) is 0 Å². The second-order valence-corrected chi connectivity index (χ2v) is 6.97. The molecule has 0 saturated carbocycles. The average molecular weight is 389 g/mol. The lowest BCUT2D eigenvalue weighted by Gasteiger charge is -2.35. The van der Waals surface area contributed by atoms with Gasteiger partial charge in [-0.1, -0.05) is 0 Å². The third-order valence-electron chi connectivity index (χ3n) is 3.54. The number of nitrogens with one attached hydrogen (secondary N) is 1. The topological polar surface area (TPSA) is 71.1 Å². The Kier molecular flexibility index (Phi) is 6.19. The minimum absolute atomic E-state index is 0.194. The van der Waals surface area contributed by atoms with Gasteiger partial charge in [0.15, 0.2) is 0 Å². The molecule has 1 aliphatic rings. The normalized spacial score (nSPS) is 16.0. The van der Waals surface area contributed by atoms with Crippen molar-refractivity contribution >= 4 is 12.0 Å². The maximum absolute atomic E-state index is 12.2. The number of benzene rings is 1. The molecule has 0 spiro atoms. The Balaban J connectivity index is 1.83. The molecule has 1 saturated heterocycles. The Bertz CT molecular complexity index is 663. The van der Waals surface area contributed by atoms with Gasteiger partial charge < -0.3 is 14.4 Å². The number of hydrazine groups is 1. The highest BCUT2D eigenvalue weighted by atomic mass is 19.4. The molecule has 150 valence electrons. The summed E-state index contributed by atoms with van der Waals surface area (Å²) in [5.41, 5.74) is 2.28. The SMILES string of the molecule is CC(C)(C)OC(=O)N1CCN(NC(=O)c2ccc(OC(F)(F)F)cc2)CC1. The second-order valence-electron chi connectivity index (χ2n) is 6.97. The number of halogens is 3. The van der Waals surface area contributed by atoms with Crippen LogP contribution >= 0.6 is 0 Å². The van der Waals surface area contributed by atoms with Crippen LogP contribution in [0.25, 0.3) is 0 Å². The van der Waals surface area contributed by atoms with Gasteiger partial charge in [0.25, 0.3) is 5.91 Å². The Hall–Kier alpha value is -2.49. The summed E-state index contributed by atoms with van der Waals surface area (Å²) in [6.07, 6.45) is -5.19. The van der Waals surface area contributed by atoms with E-state index in [2.05, 4.69) is 10.2 Å². The minimum Gasteiger partial charge on any atom is -0.444 e. The van der Waals surface area contributed by atoms with Crippen molar-refractivity contribution in [3.05, 3.63) is 29.8 Å². The molecule has 1 aromatic rings. The molecule has 0 aromatic heterocycles. The highest BCUT2D eigenvalue weighted by molar-refractivity contribution is 5.93. The van der Waals surface area contributed by atoms with Crippen LogP contribution in [-0.4, -0.2) is 60.1 Å². The Morgan fingerprint density at radius 2 is 1.56 bits per heavy atom. The number of hydrogen-bond donors (Lipinski definition) is 1. The zero-order valence-corrected chi connectivity index (χ0v) is 15.3. The Morgan fingerprint density at radius 1 is 1.00 bits per heavy atom. The van der Waals surface area contributed by atoms with E-state index in [0.29, 0.717) is 26.2 Å². The number of hydrogen-bond acceptors (Lipinski definition) is 5. The lowest BCUT2D eigenvalue weighted by Crippen LogP contribution is -2.55. The van der Waals surface area contributed by atoms with E-state index in [0.717, 1.165) is 12.1 Å². The third-order valence-corrected chi connectivity index (χ3v) is 3.54. The fourth-order valence-electron chi connectivity index (χ4n) is 2.34. The Morgan fingerprint density at radius 3 is 2.04 bits per heavy atom. The molecule has 0 bridgehead atoms. The van der Waals surface area contributed by atoms with Crippen LogP contribution in [0.5, 0.6) is 5.75 Å². The van der Waals surface area contributed by atoms with Crippen LogP contribution in [-0.2, 0) is 4.74 Å². The quantitative estimate of drug-likeness (QED) is 0.861. The molecule has 0 aliphatic carbocycles. The highest BCUT2D eigenvalue weighted by Gasteiger charge is 2.31. The lowest BCUT2D eigenvalue weighted by atomic mass is 10.2. The molecule has 0 atom stereocenters. The van der Waals surface area contributed by atoms with Crippen molar-refractivity contribution in [1.82, 2.24) is 15.3 Å². The van der Waals surface area contributed by atoms with Crippen LogP contribution < -0.4 is 10.2 Å². The van der Waals surface area contributed by atoms with Gasteiger partial charge in [0.2, 0.25) is 0 Å². The average Bonchev–Trinajstić information content (AvgIpc) is 2.53. The molecule has 7 nitrogen and oxygen atoms in total. The first-order valence-corrected chi connectivity index (χ1v) is 8.33. The summed E-state index contributed by atoms with van der Waals surface area (Å²) in [6.45, 7) is 6.92. The predicted octanol–water partition coefficient (Wildman–Crippen LogP) is 2.78. The molecule has 1 heterocycles. The van der Waals surface area contributed by atoms with E-state index in [-0.39, 0.29) is 5.56 Å². The number of piperazine rings is 1. The van der Waals surface area contributed by atoms with Crippen molar-refractivity contribution in [3.8, 4) is 5.75 Å². The molecule has 0 unspecified atom stereocenters. The van der Waals surface area contributed by atoms with Gasteiger partial charge in [-0.15, -0.1) is 13.2 Å². The van der Waals surface area contributed by atoms with E-state index in [1.165, 1.54) is 12.1 Å². The van der Waals surface area contributed by atoms with Gasteiger partial charge in [0.1, 0.15) is 11.4 Å². The van der Waals surface area contributed by atoms with E-state index >= 15 is 0 Å². The van der Waals surface area contributed by atoms with Gasteiger partial charge in [0, 0.05) is 31.7 Å². The van der Waals surface area contributed by atoms with E-state index in [9.17, 15) is 22.8 Å². The maximum Gasteiger partial charge on any atom is 0.573 e. The molecular formula is C17H22F3N3O4. The number of carbonyl (C=O) groups is 2. The number of rotatable bonds is 3. The van der Waals surface area contributed by atoms with Gasteiger partial charge in [-0.2, -0.15) is 0 Å². The molecule has 0 radical (unpaired) electrons. The third kappa shape index (κ3) is 6.97. The summed E-state index contributed by atoms with van der Waals surface area (Å²) in [5.74, 6) is -0.857. The highest BCUT2D eigenvalue weighted by Crippen LogP contribution is 2.22. The van der Waals surface area contributed by atoms with E-state index < -0.39 is 29.7 Å². The standard InChI is InChI=1S/C17H22F3N3O4/c1-16(2,3)27-15(25)22-8-10-23(11-9-22)21-14(24)12-4-6-13(7-5-12)26-17(18,19)20/h4-7H,8-11H2,1-3H3,(H,21,24). The van der Waals surface area contributed by atoms with Crippen molar-refractivity contribution in [3.63, 3.8) is 0 Å². The maximum atomic E-state index is 12.2. The number of amides is 2. The van der Waals surface area contributed by atoms with Crippen molar-refractivity contribution < 1.29 is 32.2 Å². The number of alkyl halides is 3. The van der Waals surface area contributed by atoms with Crippen LogP contribution in [0, 0.1) is 0 Å². The van der Waals surface area contributed by atoms with E-state index in [1.807, 2.05) is 0 Å². The van der Waals surface area contributed by atoms with Crippen LogP contribution in [0.1, 0.15) is 31.1 Å². The van der Waals surface area contributed by atoms with E-state index in [4.69, 9.17) is 4.74 Å². The smallest absolute Gasteiger partial charge is 0.444 e. The van der Waals surface area contributed by atoms with Gasteiger partial charge in [-0.05, 0) is 45.0 Å². The van der Waals surface area contributed by atoms with E-state index in [1.54, 1.807) is 30.7 Å². The monoisotopic (exact) mass is 389 g/mol. The van der Waals surface area contributed by atoms with Gasteiger partial charge >= 0.3 is 12.5 Å². The van der Waals surface area contributed by atoms with Crippen LogP contribution in [0.15, 0.2) is 24.3 Å². The molecule has 2 amide bonds. The minimum atomic E-state index is -4.78. The van der Waals surface area contributed by atoms with Gasteiger partial charge in [-0.3, -0.25) is 10.2 Å². The summed E-state index contributed by atoms with van der Waals surface area (Å²) in [5, 5.41) is 1.64.